The monoisotopic (exact) mass is 1010 g/mol. The molecule has 384 valence electrons. The molecular weight excluding hydrogens is 950 g/mol. The fourth-order valence-electron chi connectivity index (χ4n) is 10.2. The molecular formula is C56H64ClN7O9. The quantitative estimate of drug-likeness (QED) is 0.0584. The Balaban J connectivity index is 0.00000351. The number of carbonyl (C=O) groups is 6. The van der Waals surface area contributed by atoms with Gasteiger partial charge in [-0.25, -0.2) is 4.79 Å². The average molecular weight is 1010 g/mol. The SMILES string of the molecule is CC.Cc1nn(C)c(C)c1-c1c(Cl)ccc2c(CCCOc3cccc4ccccc34)c(C(=O)OC(C)(C)C)n(CCN3CCN(C(=O)COc4cccc5c4C(=O)N(C4CCC(=O)N(C)C4=O)C5=O)CC3)c12. The number of imide groups is 2. The molecule has 4 aromatic carbocycles. The van der Waals surface area contributed by atoms with Gasteiger partial charge in [0.15, 0.2) is 6.61 Å². The molecule has 2 saturated heterocycles. The molecule has 9 rings (SSSR count). The van der Waals surface area contributed by atoms with Gasteiger partial charge in [0.2, 0.25) is 5.91 Å². The predicted molar refractivity (Wildman–Crippen MR) is 279 cm³/mol. The lowest BCUT2D eigenvalue weighted by molar-refractivity contribution is -0.149. The van der Waals surface area contributed by atoms with Crippen LogP contribution >= 0.6 is 11.6 Å². The molecule has 6 aromatic rings. The summed E-state index contributed by atoms with van der Waals surface area (Å²) in [7, 11) is 3.24. The number of hydrogen-bond acceptors (Lipinski definition) is 11. The molecule has 0 bridgehead atoms. The van der Waals surface area contributed by atoms with Gasteiger partial charge in [0.25, 0.3) is 23.6 Å². The van der Waals surface area contributed by atoms with Crippen LogP contribution < -0.4 is 9.47 Å². The Hall–Kier alpha value is -7.04. The van der Waals surface area contributed by atoms with Crippen molar-refractivity contribution < 1.29 is 43.0 Å². The Morgan fingerprint density at radius 1 is 0.781 bits per heavy atom. The maximum absolute atomic E-state index is 14.6. The number of piperidine rings is 1. The minimum Gasteiger partial charge on any atom is -0.493 e. The minimum absolute atomic E-state index is 0.0125. The molecule has 2 fully saturated rings. The zero-order valence-electron chi connectivity index (χ0n) is 43.2. The van der Waals surface area contributed by atoms with E-state index in [1.165, 1.54) is 19.2 Å². The predicted octanol–water partition coefficient (Wildman–Crippen LogP) is 8.42. The Labute approximate surface area is 430 Å². The van der Waals surface area contributed by atoms with Crippen molar-refractivity contribution in [1.29, 1.82) is 0 Å². The van der Waals surface area contributed by atoms with Gasteiger partial charge in [-0.3, -0.25) is 43.4 Å². The van der Waals surface area contributed by atoms with Gasteiger partial charge >= 0.3 is 5.97 Å². The van der Waals surface area contributed by atoms with Crippen LogP contribution in [0, 0.1) is 13.8 Å². The highest BCUT2D eigenvalue weighted by atomic mass is 35.5. The summed E-state index contributed by atoms with van der Waals surface area (Å²) < 4.78 is 22.4. The number of ether oxygens (including phenoxy) is 3. The molecule has 0 aliphatic carbocycles. The van der Waals surface area contributed by atoms with Crippen LogP contribution in [-0.4, -0.2) is 134 Å². The maximum atomic E-state index is 14.6. The molecule has 17 heteroatoms. The third-order valence-corrected chi connectivity index (χ3v) is 14.1. The number of hydrogen-bond donors (Lipinski definition) is 0. The summed E-state index contributed by atoms with van der Waals surface area (Å²) in [6.07, 6.45) is 1.19. The largest absolute Gasteiger partial charge is 0.493 e. The number of aromatic nitrogens is 3. The molecule has 3 aliphatic heterocycles. The van der Waals surface area contributed by atoms with Crippen LogP contribution in [0.4, 0.5) is 0 Å². The number of likely N-dealkylation sites (tertiary alicyclic amines) is 1. The molecule has 5 amide bonds. The molecule has 1 unspecified atom stereocenters. The van der Waals surface area contributed by atoms with Crippen molar-refractivity contribution in [2.75, 3.05) is 53.0 Å². The van der Waals surface area contributed by atoms with E-state index in [1.54, 1.807) is 11.0 Å². The van der Waals surface area contributed by atoms with Gasteiger partial charge in [-0.15, -0.1) is 0 Å². The molecule has 0 spiro atoms. The van der Waals surface area contributed by atoms with E-state index in [0.717, 1.165) is 65.3 Å². The van der Waals surface area contributed by atoms with Crippen molar-refractivity contribution in [1.82, 2.24) is 33.9 Å². The van der Waals surface area contributed by atoms with E-state index in [4.69, 9.17) is 30.9 Å². The molecule has 0 saturated carbocycles. The summed E-state index contributed by atoms with van der Waals surface area (Å²) in [5.41, 5.74) is 4.83. The lowest BCUT2D eigenvalue weighted by Gasteiger charge is -2.35. The summed E-state index contributed by atoms with van der Waals surface area (Å²) >= 11 is 7.20. The first-order valence-electron chi connectivity index (χ1n) is 25.1. The number of rotatable bonds is 14. The van der Waals surface area contributed by atoms with E-state index in [9.17, 15) is 28.8 Å². The van der Waals surface area contributed by atoms with E-state index in [-0.39, 0.29) is 48.1 Å². The molecule has 73 heavy (non-hydrogen) atoms. The third kappa shape index (κ3) is 10.3. The summed E-state index contributed by atoms with van der Waals surface area (Å²) in [5.74, 6) is -2.22. The van der Waals surface area contributed by atoms with E-state index in [0.29, 0.717) is 69.4 Å². The highest BCUT2D eigenvalue weighted by Crippen LogP contribution is 2.43. The summed E-state index contributed by atoms with van der Waals surface area (Å²) in [4.78, 5) is 86.4. The van der Waals surface area contributed by atoms with Crippen LogP contribution in [-0.2, 0) is 39.1 Å². The van der Waals surface area contributed by atoms with Crippen molar-refractivity contribution in [3.8, 4) is 22.6 Å². The highest BCUT2D eigenvalue weighted by molar-refractivity contribution is 6.35. The number of piperazine rings is 1. The Bertz CT molecular complexity index is 3140. The molecule has 0 radical (unpaired) electrons. The number of halogens is 1. The fourth-order valence-corrected chi connectivity index (χ4v) is 10.4. The number of amides is 5. The Kier molecular flexibility index (Phi) is 15.5. The third-order valence-electron chi connectivity index (χ3n) is 13.8. The van der Waals surface area contributed by atoms with E-state index < -0.39 is 35.3 Å². The standard InChI is InChI=1S/C54H58ClN7O9.C2H6/c1-32-45(33(2)58(7)56-32)47-39(55)21-20-37-36(17-12-30-69-41-18-10-14-34-13-8-9-15-35(34)41)49(53(68)71-54(3,4)5)61(48(37)47)29-26-59-24-27-60(28-25-59)44(64)31-70-42-19-11-16-38-46(42)52(67)62(50(38)65)40-22-23-43(63)57(6)51(40)66;1-2/h8-11,13-16,18-21,40H,12,17,22-31H2,1-7H3;1-2H3. The molecule has 16 nitrogen and oxygen atoms in total. The van der Waals surface area contributed by atoms with Gasteiger partial charge in [0, 0.05) is 87.4 Å². The summed E-state index contributed by atoms with van der Waals surface area (Å²) in [6, 6.07) is 21.5. The molecule has 2 aromatic heterocycles. The fraction of sp³-hybridized carbons (Fsp3) is 0.411. The van der Waals surface area contributed by atoms with Crippen molar-refractivity contribution in [2.45, 2.75) is 92.3 Å². The second-order valence-corrected chi connectivity index (χ2v) is 19.8. The van der Waals surface area contributed by atoms with Crippen molar-refractivity contribution in [3.05, 3.63) is 112 Å². The zero-order valence-corrected chi connectivity index (χ0v) is 43.9. The zero-order chi connectivity index (χ0) is 52.5. The van der Waals surface area contributed by atoms with E-state index in [2.05, 4.69) is 21.6 Å². The first-order valence-corrected chi connectivity index (χ1v) is 25.4. The number of fused-ring (bicyclic) bond motifs is 3. The van der Waals surface area contributed by atoms with Crippen molar-refractivity contribution in [2.24, 2.45) is 7.05 Å². The topological polar surface area (TPSA) is 166 Å². The normalized spacial score (nSPS) is 16.3. The van der Waals surface area contributed by atoms with Gasteiger partial charge < -0.3 is 23.7 Å². The number of carbonyl (C=O) groups excluding carboxylic acids is 6. The van der Waals surface area contributed by atoms with Gasteiger partial charge in [0.1, 0.15) is 28.8 Å². The number of likely N-dealkylation sites (N-methyl/N-ethyl adjacent to an activating group) is 1. The van der Waals surface area contributed by atoms with Crippen LogP contribution in [0.25, 0.3) is 32.8 Å². The number of esters is 1. The summed E-state index contributed by atoms with van der Waals surface area (Å²) in [6.45, 7) is 16.4. The van der Waals surface area contributed by atoms with E-state index in [1.807, 2.05) is 103 Å². The first kappa shape index (κ1) is 52.3. The van der Waals surface area contributed by atoms with Crippen LogP contribution in [0.3, 0.4) is 0 Å². The number of benzene rings is 4. The smallest absolute Gasteiger partial charge is 0.355 e. The van der Waals surface area contributed by atoms with Crippen molar-refractivity contribution in [3.63, 3.8) is 0 Å². The maximum Gasteiger partial charge on any atom is 0.355 e. The van der Waals surface area contributed by atoms with E-state index >= 15 is 0 Å². The van der Waals surface area contributed by atoms with Crippen LogP contribution in [0.5, 0.6) is 11.5 Å². The van der Waals surface area contributed by atoms with Gasteiger partial charge in [0.05, 0.1) is 34.0 Å². The molecule has 3 aliphatic rings. The van der Waals surface area contributed by atoms with Crippen LogP contribution in [0.1, 0.15) is 102 Å². The van der Waals surface area contributed by atoms with Crippen molar-refractivity contribution >= 4 is 68.8 Å². The number of aryl methyl sites for hydroxylation is 3. The number of nitrogens with zero attached hydrogens (tertiary/aromatic N) is 7. The van der Waals surface area contributed by atoms with Crippen LogP contribution in [0.15, 0.2) is 72.8 Å². The van der Waals surface area contributed by atoms with Gasteiger partial charge in [-0.05, 0) is 89.1 Å². The van der Waals surface area contributed by atoms with Gasteiger partial charge in [-0.2, -0.15) is 5.10 Å². The molecule has 5 heterocycles. The average Bonchev–Trinajstić information content (AvgIpc) is 3.93. The lowest BCUT2D eigenvalue weighted by atomic mass is 9.98. The van der Waals surface area contributed by atoms with Crippen LogP contribution in [0.2, 0.25) is 5.02 Å². The highest BCUT2D eigenvalue weighted by Gasteiger charge is 2.47. The Morgan fingerprint density at radius 3 is 2.19 bits per heavy atom. The molecule has 0 N–H and O–H groups in total. The minimum atomic E-state index is -1.11. The first-order chi connectivity index (χ1) is 34.9. The Morgan fingerprint density at radius 2 is 1.48 bits per heavy atom. The second kappa shape index (κ2) is 21.6. The lowest BCUT2D eigenvalue weighted by Crippen LogP contribution is -2.54. The molecule has 1 atom stereocenters. The second-order valence-electron chi connectivity index (χ2n) is 19.4. The van der Waals surface area contributed by atoms with Gasteiger partial charge in [-0.1, -0.05) is 74.0 Å². The summed E-state index contributed by atoms with van der Waals surface area (Å²) in [5, 5.41) is 8.30.